The van der Waals surface area contributed by atoms with Crippen LogP contribution in [0.5, 0.6) is 11.5 Å². The number of rotatable bonds is 10. The normalized spacial score (nSPS) is 10.7. The van der Waals surface area contributed by atoms with Gasteiger partial charge in [0.1, 0.15) is 0 Å². The zero-order chi connectivity index (χ0) is 22.2. The summed E-state index contributed by atoms with van der Waals surface area (Å²) in [7, 11) is 1.58. The molecule has 0 saturated carbocycles. The number of hydrogen-bond acceptors (Lipinski definition) is 5. The second-order valence-electron chi connectivity index (χ2n) is 7.02. The third kappa shape index (κ3) is 5.57. The van der Waals surface area contributed by atoms with Crippen LogP contribution in [-0.4, -0.2) is 48.6 Å². The van der Waals surface area contributed by atoms with Crippen molar-refractivity contribution in [3.05, 3.63) is 59.8 Å². The van der Waals surface area contributed by atoms with E-state index in [1.54, 1.807) is 18.2 Å². The average Bonchev–Trinajstić information content (AvgIpc) is 3.19. The van der Waals surface area contributed by atoms with Gasteiger partial charge >= 0.3 is 5.97 Å². The fraction of sp³-hybridized carbons (Fsp3) is 0.333. The molecule has 164 valence electrons. The van der Waals surface area contributed by atoms with E-state index in [-0.39, 0.29) is 18.9 Å². The Kier molecular flexibility index (Phi) is 7.54. The Morgan fingerprint density at radius 2 is 1.87 bits per heavy atom. The fourth-order valence-corrected chi connectivity index (χ4v) is 3.40. The number of fused-ring (bicyclic) bond motifs is 1. The number of H-pyrrole nitrogens is 1. The van der Waals surface area contributed by atoms with E-state index < -0.39 is 5.97 Å². The topological polar surface area (TPSA) is 80.9 Å². The minimum atomic E-state index is -0.433. The van der Waals surface area contributed by atoms with Crippen LogP contribution in [0.1, 0.15) is 25.0 Å². The summed E-state index contributed by atoms with van der Waals surface area (Å²) in [6.45, 7) is 4.93. The first kappa shape index (κ1) is 22.2. The summed E-state index contributed by atoms with van der Waals surface area (Å²) < 4.78 is 16.2. The Bertz CT molecular complexity index is 1040. The summed E-state index contributed by atoms with van der Waals surface area (Å²) >= 11 is 0. The van der Waals surface area contributed by atoms with Crippen molar-refractivity contribution in [1.82, 2.24) is 9.88 Å². The van der Waals surface area contributed by atoms with Crippen LogP contribution in [0.25, 0.3) is 10.9 Å². The first-order chi connectivity index (χ1) is 15.0. The molecule has 1 amide bonds. The number of carbonyl (C=O) groups excluding carboxylic acids is 2. The van der Waals surface area contributed by atoms with Gasteiger partial charge in [0.25, 0.3) is 5.91 Å². The van der Waals surface area contributed by atoms with Crippen molar-refractivity contribution >= 4 is 22.8 Å². The van der Waals surface area contributed by atoms with E-state index in [2.05, 4.69) is 4.98 Å². The van der Waals surface area contributed by atoms with Crippen molar-refractivity contribution in [1.29, 1.82) is 0 Å². The van der Waals surface area contributed by atoms with Crippen LogP contribution in [0.3, 0.4) is 0 Å². The van der Waals surface area contributed by atoms with Gasteiger partial charge in [-0.05, 0) is 43.2 Å². The monoisotopic (exact) mass is 424 g/mol. The van der Waals surface area contributed by atoms with Gasteiger partial charge in [0.05, 0.1) is 20.1 Å². The molecule has 0 radical (unpaired) electrons. The maximum Gasteiger partial charge on any atom is 0.310 e. The molecule has 3 rings (SSSR count). The van der Waals surface area contributed by atoms with Gasteiger partial charge < -0.3 is 24.1 Å². The van der Waals surface area contributed by atoms with Gasteiger partial charge in [-0.25, -0.2) is 0 Å². The number of hydrogen-bond donors (Lipinski definition) is 1. The van der Waals surface area contributed by atoms with Crippen LogP contribution in [0.2, 0.25) is 0 Å². The highest BCUT2D eigenvalue weighted by molar-refractivity contribution is 5.88. The highest BCUT2D eigenvalue weighted by Gasteiger charge is 2.17. The van der Waals surface area contributed by atoms with Crippen LogP contribution >= 0.6 is 0 Å². The number of aromatic amines is 1. The van der Waals surface area contributed by atoms with E-state index in [0.717, 1.165) is 22.0 Å². The van der Waals surface area contributed by atoms with Gasteiger partial charge in [-0.15, -0.1) is 0 Å². The standard InChI is InChI=1S/C24H28N2O5/c1-4-26(15-17-10-11-21(30-5-2)22(12-17)29-3)23(27)16-31-24(28)13-18-14-25-20-9-7-6-8-19(18)20/h6-12,14,25H,4-5,13,15-16H2,1-3H3. The lowest BCUT2D eigenvalue weighted by Gasteiger charge is -2.21. The van der Waals surface area contributed by atoms with Gasteiger partial charge in [0, 0.05) is 30.2 Å². The van der Waals surface area contributed by atoms with Crippen molar-refractivity contribution < 1.29 is 23.8 Å². The molecule has 2 aromatic carbocycles. The Hall–Kier alpha value is -3.48. The molecule has 0 saturated heterocycles. The maximum absolute atomic E-state index is 12.6. The highest BCUT2D eigenvalue weighted by atomic mass is 16.5. The van der Waals surface area contributed by atoms with Gasteiger partial charge in [-0.1, -0.05) is 24.3 Å². The first-order valence-electron chi connectivity index (χ1n) is 10.3. The molecular formula is C24H28N2O5. The second-order valence-corrected chi connectivity index (χ2v) is 7.02. The number of amides is 1. The fourth-order valence-electron chi connectivity index (χ4n) is 3.40. The number of methoxy groups -OCH3 is 1. The van der Waals surface area contributed by atoms with Crippen LogP contribution < -0.4 is 9.47 Å². The molecule has 0 spiro atoms. The smallest absolute Gasteiger partial charge is 0.310 e. The predicted molar refractivity (Wildman–Crippen MR) is 118 cm³/mol. The number of ether oxygens (including phenoxy) is 3. The third-order valence-corrected chi connectivity index (χ3v) is 5.00. The summed E-state index contributed by atoms with van der Waals surface area (Å²) in [6.07, 6.45) is 1.91. The van der Waals surface area contributed by atoms with E-state index >= 15 is 0 Å². The Morgan fingerprint density at radius 1 is 1.06 bits per heavy atom. The molecule has 1 heterocycles. The molecular weight excluding hydrogens is 396 g/mol. The number of esters is 1. The molecule has 1 aromatic heterocycles. The van der Waals surface area contributed by atoms with E-state index in [1.807, 2.05) is 56.3 Å². The minimum absolute atomic E-state index is 0.111. The van der Waals surface area contributed by atoms with Crippen molar-refractivity contribution in [3.8, 4) is 11.5 Å². The van der Waals surface area contributed by atoms with E-state index in [1.165, 1.54) is 0 Å². The number of benzene rings is 2. The molecule has 7 heteroatoms. The highest BCUT2D eigenvalue weighted by Crippen LogP contribution is 2.28. The van der Waals surface area contributed by atoms with Crippen molar-refractivity contribution in [3.63, 3.8) is 0 Å². The summed E-state index contributed by atoms with van der Waals surface area (Å²) in [4.78, 5) is 29.6. The van der Waals surface area contributed by atoms with Crippen LogP contribution in [-0.2, 0) is 27.3 Å². The molecule has 0 bridgehead atoms. The number of carbonyl (C=O) groups is 2. The summed E-state index contributed by atoms with van der Waals surface area (Å²) in [5, 5.41) is 0.977. The van der Waals surface area contributed by atoms with Crippen LogP contribution in [0.15, 0.2) is 48.7 Å². The third-order valence-electron chi connectivity index (χ3n) is 5.00. The van der Waals surface area contributed by atoms with Crippen molar-refractivity contribution in [2.75, 3.05) is 26.9 Å². The van der Waals surface area contributed by atoms with Crippen molar-refractivity contribution in [2.45, 2.75) is 26.8 Å². The summed E-state index contributed by atoms with van der Waals surface area (Å²) in [5.41, 5.74) is 2.71. The van der Waals surface area contributed by atoms with Crippen LogP contribution in [0, 0.1) is 0 Å². The average molecular weight is 424 g/mol. The second kappa shape index (κ2) is 10.5. The van der Waals surface area contributed by atoms with Gasteiger partial charge in [-0.3, -0.25) is 9.59 Å². The molecule has 0 unspecified atom stereocenters. The summed E-state index contributed by atoms with van der Waals surface area (Å²) in [6, 6.07) is 13.3. The Balaban J connectivity index is 1.56. The van der Waals surface area contributed by atoms with Gasteiger partial charge in [0.2, 0.25) is 0 Å². The molecule has 0 aliphatic heterocycles. The van der Waals surface area contributed by atoms with Gasteiger partial charge in [0.15, 0.2) is 18.1 Å². The quantitative estimate of drug-likeness (QED) is 0.502. The lowest BCUT2D eigenvalue weighted by Crippen LogP contribution is -2.34. The summed E-state index contributed by atoms with van der Waals surface area (Å²) in [5.74, 6) is 0.599. The number of para-hydroxylation sites is 1. The SMILES string of the molecule is CCOc1ccc(CN(CC)C(=O)COC(=O)Cc2c[nH]c3ccccc23)cc1OC. The molecule has 7 nitrogen and oxygen atoms in total. The first-order valence-corrected chi connectivity index (χ1v) is 10.3. The Morgan fingerprint density at radius 3 is 2.61 bits per heavy atom. The molecule has 0 fully saturated rings. The zero-order valence-corrected chi connectivity index (χ0v) is 18.1. The molecule has 0 aliphatic carbocycles. The largest absolute Gasteiger partial charge is 0.493 e. The Labute approximate surface area is 181 Å². The molecule has 1 N–H and O–H groups in total. The van der Waals surface area contributed by atoms with Crippen LogP contribution in [0.4, 0.5) is 0 Å². The van der Waals surface area contributed by atoms with Gasteiger partial charge in [-0.2, -0.15) is 0 Å². The zero-order valence-electron chi connectivity index (χ0n) is 18.1. The number of nitrogens with zero attached hydrogens (tertiary/aromatic N) is 1. The molecule has 0 aliphatic rings. The van der Waals surface area contributed by atoms with E-state index in [0.29, 0.717) is 31.2 Å². The van der Waals surface area contributed by atoms with E-state index in [9.17, 15) is 9.59 Å². The lowest BCUT2D eigenvalue weighted by molar-refractivity contribution is -0.151. The maximum atomic E-state index is 12.6. The molecule has 3 aromatic rings. The number of likely N-dealkylation sites (N-methyl/N-ethyl adjacent to an activating group) is 1. The predicted octanol–water partition coefficient (Wildman–Crippen LogP) is 3.71. The minimum Gasteiger partial charge on any atom is -0.493 e. The van der Waals surface area contributed by atoms with E-state index in [4.69, 9.17) is 14.2 Å². The number of aromatic nitrogens is 1. The van der Waals surface area contributed by atoms with Crippen molar-refractivity contribution in [2.24, 2.45) is 0 Å². The number of nitrogens with one attached hydrogen (secondary N) is 1. The lowest BCUT2D eigenvalue weighted by atomic mass is 10.1. The molecule has 0 atom stereocenters. The molecule has 31 heavy (non-hydrogen) atoms.